The number of anilines is 2. The number of rotatable bonds is 3. The summed E-state index contributed by atoms with van der Waals surface area (Å²) in [6.07, 6.45) is 0. The molecule has 0 bridgehead atoms. The first-order valence-electron chi connectivity index (χ1n) is 6.52. The molecule has 0 unspecified atom stereocenters. The summed E-state index contributed by atoms with van der Waals surface area (Å²) >= 11 is 0. The third-order valence-corrected chi connectivity index (χ3v) is 3.00. The van der Waals surface area contributed by atoms with Crippen LogP contribution in [0.15, 0.2) is 54.6 Å². The predicted molar refractivity (Wildman–Crippen MR) is 81.3 cm³/mol. The van der Waals surface area contributed by atoms with E-state index in [0.717, 1.165) is 11.4 Å². The smallest absolute Gasteiger partial charge is 0.120 e. The number of methoxy groups -OCH3 is 1. The van der Waals surface area contributed by atoms with Crippen LogP contribution in [0.1, 0.15) is 20.8 Å². The molecule has 0 amide bonds. The van der Waals surface area contributed by atoms with Crippen LogP contribution in [0, 0.1) is 0 Å². The Kier molecular flexibility index (Phi) is 3.79. The van der Waals surface area contributed by atoms with E-state index in [1.165, 1.54) is 5.69 Å². The summed E-state index contributed by atoms with van der Waals surface area (Å²) in [5, 5.41) is 0. The quantitative estimate of drug-likeness (QED) is 0.792. The van der Waals surface area contributed by atoms with Crippen molar-refractivity contribution in [3.63, 3.8) is 0 Å². The number of ether oxygens (including phenoxy) is 1. The van der Waals surface area contributed by atoms with Gasteiger partial charge in [0.25, 0.3) is 0 Å². The molecule has 19 heavy (non-hydrogen) atoms. The van der Waals surface area contributed by atoms with Gasteiger partial charge in [0, 0.05) is 23.0 Å². The van der Waals surface area contributed by atoms with Crippen LogP contribution in [0.4, 0.5) is 11.4 Å². The molecule has 0 aromatic heterocycles. The molecule has 0 spiro atoms. The van der Waals surface area contributed by atoms with Gasteiger partial charge in [0.2, 0.25) is 0 Å². The first-order chi connectivity index (χ1) is 9.02. The molecule has 0 saturated heterocycles. The number of hydrogen-bond donors (Lipinski definition) is 0. The number of hydrogen-bond acceptors (Lipinski definition) is 2. The minimum Gasteiger partial charge on any atom is -0.497 e. The average molecular weight is 255 g/mol. The Morgan fingerprint density at radius 3 is 2.05 bits per heavy atom. The number of nitrogens with zero attached hydrogens (tertiary/aromatic N) is 1. The van der Waals surface area contributed by atoms with Gasteiger partial charge in [-0.1, -0.05) is 24.3 Å². The Labute approximate surface area is 115 Å². The van der Waals surface area contributed by atoms with Gasteiger partial charge in [0.1, 0.15) is 5.75 Å². The van der Waals surface area contributed by atoms with Crippen molar-refractivity contribution in [2.75, 3.05) is 12.0 Å². The molecule has 100 valence electrons. The van der Waals surface area contributed by atoms with Gasteiger partial charge in [-0.2, -0.15) is 0 Å². The van der Waals surface area contributed by atoms with Crippen LogP contribution >= 0.6 is 0 Å². The molecule has 2 nitrogen and oxygen atoms in total. The minimum absolute atomic E-state index is 0.00623. The molecule has 2 aromatic rings. The van der Waals surface area contributed by atoms with Gasteiger partial charge in [-0.05, 0) is 45.0 Å². The van der Waals surface area contributed by atoms with E-state index in [1.807, 2.05) is 18.2 Å². The topological polar surface area (TPSA) is 12.5 Å². The standard InChI is InChI=1S/C17H21NO/c1-17(2,3)18(14-9-6-5-7-10-14)15-11-8-12-16(13-15)19-4/h5-13H,1-4H3. The van der Waals surface area contributed by atoms with E-state index < -0.39 is 0 Å². The summed E-state index contributed by atoms with van der Waals surface area (Å²) in [6, 6.07) is 18.6. The molecular formula is C17H21NO. The first kappa shape index (κ1) is 13.5. The third-order valence-electron chi connectivity index (χ3n) is 3.00. The molecule has 0 atom stereocenters. The Morgan fingerprint density at radius 2 is 1.47 bits per heavy atom. The van der Waals surface area contributed by atoms with E-state index in [9.17, 15) is 0 Å². The van der Waals surface area contributed by atoms with E-state index >= 15 is 0 Å². The van der Waals surface area contributed by atoms with E-state index in [4.69, 9.17) is 4.74 Å². The fourth-order valence-electron chi connectivity index (χ4n) is 2.25. The largest absolute Gasteiger partial charge is 0.497 e. The van der Waals surface area contributed by atoms with Crippen LogP contribution in [-0.2, 0) is 0 Å². The van der Waals surface area contributed by atoms with Crippen LogP contribution in [0.3, 0.4) is 0 Å². The Hall–Kier alpha value is -1.96. The molecule has 2 aromatic carbocycles. The lowest BCUT2D eigenvalue weighted by molar-refractivity contribution is 0.414. The maximum absolute atomic E-state index is 5.33. The van der Waals surface area contributed by atoms with Crippen molar-refractivity contribution in [1.82, 2.24) is 0 Å². The minimum atomic E-state index is -0.00623. The fraction of sp³-hybridized carbons (Fsp3) is 0.294. The highest BCUT2D eigenvalue weighted by molar-refractivity contribution is 5.66. The van der Waals surface area contributed by atoms with Gasteiger partial charge in [-0.15, -0.1) is 0 Å². The van der Waals surface area contributed by atoms with Gasteiger partial charge >= 0.3 is 0 Å². The summed E-state index contributed by atoms with van der Waals surface area (Å²) in [5.74, 6) is 0.877. The molecule has 0 saturated carbocycles. The van der Waals surface area contributed by atoms with Gasteiger partial charge in [0.05, 0.1) is 7.11 Å². The second-order valence-corrected chi connectivity index (χ2v) is 5.54. The highest BCUT2D eigenvalue weighted by atomic mass is 16.5. The highest BCUT2D eigenvalue weighted by Gasteiger charge is 2.23. The third kappa shape index (κ3) is 3.08. The van der Waals surface area contributed by atoms with Crippen LogP contribution in [0.2, 0.25) is 0 Å². The van der Waals surface area contributed by atoms with Crippen molar-refractivity contribution in [3.8, 4) is 5.75 Å². The molecule has 0 heterocycles. The number of benzene rings is 2. The van der Waals surface area contributed by atoms with Crippen molar-refractivity contribution in [3.05, 3.63) is 54.6 Å². The van der Waals surface area contributed by atoms with Gasteiger partial charge in [0.15, 0.2) is 0 Å². The van der Waals surface area contributed by atoms with Crippen molar-refractivity contribution in [2.24, 2.45) is 0 Å². The van der Waals surface area contributed by atoms with E-state index in [0.29, 0.717) is 0 Å². The summed E-state index contributed by atoms with van der Waals surface area (Å²) in [7, 11) is 1.70. The van der Waals surface area contributed by atoms with Crippen LogP contribution < -0.4 is 9.64 Å². The lowest BCUT2D eigenvalue weighted by Gasteiger charge is -2.38. The highest BCUT2D eigenvalue weighted by Crippen LogP contribution is 2.34. The molecule has 0 aliphatic heterocycles. The van der Waals surface area contributed by atoms with E-state index in [2.05, 4.69) is 62.1 Å². The number of para-hydroxylation sites is 1. The van der Waals surface area contributed by atoms with Crippen molar-refractivity contribution in [1.29, 1.82) is 0 Å². The van der Waals surface area contributed by atoms with Crippen LogP contribution in [0.5, 0.6) is 5.75 Å². The summed E-state index contributed by atoms with van der Waals surface area (Å²) in [4.78, 5) is 2.32. The lowest BCUT2D eigenvalue weighted by Crippen LogP contribution is -2.37. The fourth-order valence-corrected chi connectivity index (χ4v) is 2.25. The summed E-state index contributed by atoms with van der Waals surface area (Å²) < 4.78 is 5.33. The molecule has 0 radical (unpaired) electrons. The van der Waals surface area contributed by atoms with E-state index in [1.54, 1.807) is 7.11 Å². The van der Waals surface area contributed by atoms with Gasteiger partial charge < -0.3 is 9.64 Å². The molecule has 0 aliphatic carbocycles. The first-order valence-corrected chi connectivity index (χ1v) is 6.52. The monoisotopic (exact) mass is 255 g/mol. The Bertz CT molecular complexity index is 528. The second kappa shape index (κ2) is 5.35. The summed E-state index contributed by atoms with van der Waals surface area (Å²) in [5.41, 5.74) is 2.31. The van der Waals surface area contributed by atoms with Gasteiger partial charge in [-0.25, -0.2) is 0 Å². The maximum atomic E-state index is 5.33. The van der Waals surface area contributed by atoms with Crippen molar-refractivity contribution >= 4 is 11.4 Å². The predicted octanol–water partition coefficient (Wildman–Crippen LogP) is 4.63. The average Bonchev–Trinajstić information content (AvgIpc) is 2.39. The van der Waals surface area contributed by atoms with Crippen molar-refractivity contribution in [2.45, 2.75) is 26.3 Å². The zero-order valence-corrected chi connectivity index (χ0v) is 12.1. The van der Waals surface area contributed by atoms with Crippen LogP contribution in [-0.4, -0.2) is 12.6 Å². The van der Waals surface area contributed by atoms with Crippen molar-refractivity contribution < 1.29 is 4.74 Å². The normalized spacial score (nSPS) is 11.2. The molecule has 2 rings (SSSR count). The Morgan fingerprint density at radius 1 is 0.842 bits per heavy atom. The lowest BCUT2D eigenvalue weighted by atomic mass is 10.0. The second-order valence-electron chi connectivity index (χ2n) is 5.54. The molecular weight excluding hydrogens is 234 g/mol. The molecule has 0 fully saturated rings. The van der Waals surface area contributed by atoms with Crippen LogP contribution in [0.25, 0.3) is 0 Å². The zero-order chi connectivity index (χ0) is 13.9. The summed E-state index contributed by atoms with van der Waals surface area (Å²) in [6.45, 7) is 6.62. The molecule has 0 N–H and O–H groups in total. The maximum Gasteiger partial charge on any atom is 0.120 e. The molecule has 2 heteroatoms. The van der Waals surface area contributed by atoms with E-state index in [-0.39, 0.29) is 5.54 Å². The molecule has 0 aliphatic rings. The zero-order valence-electron chi connectivity index (χ0n) is 12.1. The van der Waals surface area contributed by atoms with Gasteiger partial charge in [-0.3, -0.25) is 0 Å². The SMILES string of the molecule is COc1cccc(N(c2ccccc2)C(C)(C)C)c1. The Balaban J connectivity index is 2.50.